The Morgan fingerprint density at radius 2 is 1.49 bits per heavy atom. The molecule has 0 aliphatic carbocycles. The second kappa shape index (κ2) is 12.2. The quantitative estimate of drug-likeness (QED) is 0.149. The normalized spacial score (nSPS) is 11.9. The van der Waals surface area contributed by atoms with Gasteiger partial charge in [-0.1, -0.05) is 30.3 Å². The monoisotopic (exact) mass is 660 g/mol. The summed E-state index contributed by atoms with van der Waals surface area (Å²) in [6.07, 6.45) is 0. The van der Waals surface area contributed by atoms with E-state index in [9.17, 15) is 18.1 Å². The first kappa shape index (κ1) is 31.2. The van der Waals surface area contributed by atoms with Crippen molar-refractivity contribution in [3.63, 3.8) is 0 Å². The molecule has 218 valence electrons. The van der Waals surface area contributed by atoms with Crippen molar-refractivity contribution in [3.05, 3.63) is 96.2 Å². The van der Waals surface area contributed by atoms with Crippen LogP contribution in [0.4, 0.5) is 11.4 Å². The van der Waals surface area contributed by atoms with Gasteiger partial charge in [0.05, 0.1) is 36.7 Å². The number of fused-ring (bicyclic) bond motifs is 2. The van der Waals surface area contributed by atoms with Gasteiger partial charge in [0.1, 0.15) is 25.8 Å². The van der Waals surface area contributed by atoms with E-state index >= 15 is 0 Å². The molecule has 0 aliphatic heterocycles. The van der Waals surface area contributed by atoms with Gasteiger partial charge in [0.15, 0.2) is 5.69 Å². The van der Waals surface area contributed by atoms with Crippen molar-refractivity contribution in [2.75, 3.05) is 0 Å². The molecule has 0 fully saturated rings. The minimum atomic E-state index is -4.93. The van der Waals surface area contributed by atoms with Crippen LogP contribution in [0.25, 0.3) is 47.3 Å². The van der Waals surface area contributed by atoms with Gasteiger partial charge in [0, 0.05) is 11.1 Å². The van der Waals surface area contributed by atoms with Crippen LogP contribution in [0.2, 0.25) is 0 Å². The Kier molecular flexibility index (Phi) is 8.43. The van der Waals surface area contributed by atoms with Crippen molar-refractivity contribution >= 4 is 64.6 Å². The summed E-state index contributed by atoms with van der Waals surface area (Å²) in [7, 11) is -4.93. The molecule has 4 aromatic carbocycles. The van der Waals surface area contributed by atoms with E-state index in [2.05, 4.69) is 21.4 Å². The van der Waals surface area contributed by atoms with E-state index < -0.39 is 15.0 Å². The predicted molar refractivity (Wildman–Crippen MR) is 171 cm³/mol. The molecule has 10 nitrogen and oxygen atoms in total. The van der Waals surface area contributed by atoms with E-state index in [-0.39, 0.29) is 46.8 Å². The molecular formula is C31H21N6NaO4S3. The van der Waals surface area contributed by atoms with Crippen molar-refractivity contribution in [3.8, 4) is 32.7 Å². The fourth-order valence-corrected chi connectivity index (χ4v) is 7.39. The van der Waals surface area contributed by atoms with E-state index in [1.54, 1.807) is 48.6 Å². The molecule has 0 amide bonds. The summed E-state index contributed by atoms with van der Waals surface area (Å²) in [6, 6.07) is 25.3. The summed E-state index contributed by atoms with van der Waals surface area (Å²) in [5.41, 5.74) is 5.10. The van der Waals surface area contributed by atoms with Crippen LogP contribution in [0.5, 0.6) is 5.88 Å². The summed E-state index contributed by atoms with van der Waals surface area (Å²) in [6.45, 7) is 3.69. The van der Waals surface area contributed by atoms with Gasteiger partial charge in [-0.15, -0.1) is 32.9 Å². The molecule has 45 heavy (non-hydrogen) atoms. The van der Waals surface area contributed by atoms with Gasteiger partial charge in [-0.05, 0) is 74.0 Å². The van der Waals surface area contributed by atoms with Gasteiger partial charge < -0.3 is 9.66 Å². The summed E-state index contributed by atoms with van der Waals surface area (Å²) in [4.78, 5) is 8.96. The maximum Gasteiger partial charge on any atom is 1.00 e. The Morgan fingerprint density at radius 1 is 0.800 bits per heavy atom. The van der Waals surface area contributed by atoms with Crippen molar-refractivity contribution in [2.45, 2.75) is 18.7 Å². The van der Waals surface area contributed by atoms with Crippen LogP contribution in [0.3, 0.4) is 0 Å². The van der Waals surface area contributed by atoms with Crippen LogP contribution >= 0.6 is 22.7 Å². The van der Waals surface area contributed by atoms with Gasteiger partial charge in [-0.3, -0.25) is 0 Å². The zero-order chi connectivity index (χ0) is 30.6. The molecule has 0 atom stereocenters. The maximum atomic E-state index is 12.3. The van der Waals surface area contributed by atoms with Crippen LogP contribution in [-0.2, 0) is 10.1 Å². The number of nitrogens with zero attached hydrogens (tertiary/aromatic N) is 6. The third-order valence-corrected chi connectivity index (χ3v) is 9.94. The zero-order valence-electron chi connectivity index (χ0n) is 24.2. The topological polar surface area (TPSA) is 146 Å². The Labute approximate surface area is 287 Å². The standard InChI is InChI=1S/C31H22N6O4S3.Na/c1-17-8-11-22-26(14-17)43-29(32-22)19-10-13-25-24(15-19)33-30(42-25)20-9-12-23(27(16-20)44(39,40)41)34-35-28-18(2)36-37(31(28)38)21-6-4-3-5-7-21;/h3-16,38H,1-2H3,(H,39,40,41);/q;+1/p-1. The molecule has 0 unspecified atom stereocenters. The average molecular weight is 661 g/mol. The first-order chi connectivity index (χ1) is 21.1. The Morgan fingerprint density at radius 3 is 2.24 bits per heavy atom. The average Bonchev–Trinajstić information content (AvgIpc) is 3.70. The zero-order valence-corrected chi connectivity index (χ0v) is 28.6. The number of aromatic hydroxyl groups is 1. The fourth-order valence-electron chi connectivity index (χ4n) is 4.75. The van der Waals surface area contributed by atoms with E-state index in [0.717, 1.165) is 31.0 Å². The number of hydrogen-bond acceptors (Lipinski definition) is 11. The van der Waals surface area contributed by atoms with Gasteiger partial charge in [-0.2, -0.15) is 9.78 Å². The number of aryl methyl sites for hydroxylation is 2. The maximum absolute atomic E-state index is 12.3. The van der Waals surface area contributed by atoms with Crippen molar-refractivity contribution in [2.24, 2.45) is 10.2 Å². The molecule has 0 saturated carbocycles. The van der Waals surface area contributed by atoms with Crippen molar-refractivity contribution in [1.29, 1.82) is 0 Å². The van der Waals surface area contributed by atoms with Gasteiger partial charge in [-0.25, -0.2) is 18.4 Å². The number of benzene rings is 4. The van der Waals surface area contributed by atoms with Crippen LogP contribution in [-0.4, -0.2) is 37.8 Å². The molecule has 0 bridgehead atoms. The van der Waals surface area contributed by atoms with Crippen LogP contribution in [0, 0.1) is 13.8 Å². The molecule has 0 spiro atoms. The third-order valence-electron chi connectivity index (χ3n) is 6.92. The van der Waals surface area contributed by atoms with Crippen molar-refractivity contribution < 1.29 is 47.6 Å². The third kappa shape index (κ3) is 6.08. The first-order valence-corrected chi connectivity index (χ1v) is 16.3. The SMILES string of the molecule is Cc1ccc2nc(-c3ccc4sc(-c5ccc(N=Nc6c(C)nn(-c7ccccc7)c6O)c(S(=O)(=O)[O-])c5)nc4c3)sc2c1.[Na+]. The predicted octanol–water partition coefficient (Wildman–Crippen LogP) is 5.07. The van der Waals surface area contributed by atoms with Crippen molar-refractivity contribution in [1.82, 2.24) is 19.7 Å². The molecule has 1 N–H and O–H groups in total. The molecule has 3 heterocycles. The number of aromatic nitrogens is 4. The van der Waals surface area contributed by atoms with E-state index in [1.807, 2.05) is 43.3 Å². The molecule has 0 aliphatic rings. The molecule has 14 heteroatoms. The van der Waals surface area contributed by atoms with Gasteiger partial charge >= 0.3 is 29.6 Å². The van der Waals surface area contributed by atoms with Crippen LogP contribution in [0.15, 0.2) is 100 Å². The molecule has 7 aromatic rings. The van der Waals surface area contributed by atoms with Crippen LogP contribution in [0.1, 0.15) is 11.3 Å². The second-order valence-corrected chi connectivity index (χ2v) is 13.4. The summed E-state index contributed by atoms with van der Waals surface area (Å²) in [5.74, 6) is -0.268. The van der Waals surface area contributed by atoms with E-state index in [1.165, 1.54) is 33.7 Å². The summed E-state index contributed by atoms with van der Waals surface area (Å²) < 4.78 is 40.2. The van der Waals surface area contributed by atoms with E-state index in [4.69, 9.17) is 9.97 Å². The smallest absolute Gasteiger partial charge is 0.744 e. The van der Waals surface area contributed by atoms with Crippen LogP contribution < -0.4 is 29.6 Å². The minimum Gasteiger partial charge on any atom is -0.744 e. The Hall–Kier alpha value is -3.82. The minimum absolute atomic E-state index is 0. The van der Waals surface area contributed by atoms with Gasteiger partial charge in [0.2, 0.25) is 5.88 Å². The molecule has 7 rings (SSSR count). The number of rotatable bonds is 6. The van der Waals surface area contributed by atoms with Gasteiger partial charge in [0.25, 0.3) is 0 Å². The second-order valence-electron chi connectivity index (χ2n) is 10.0. The Balaban J connectivity index is 0.00000357. The fraction of sp³-hybridized carbons (Fsp3) is 0.0645. The summed E-state index contributed by atoms with van der Waals surface area (Å²) >= 11 is 2.99. The largest absolute Gasteiger partial charge is 1.00 e. The number of para-hydroxylation sites is 1. The number of azo groups is 1. The molecule has 0 saturated heterocycles. The molecular weight excluding hydrogens is 640 g/mol. The molecule has 3 aromatic heterocycles. The van der Waals surface area contributed by atoms with E-state index in [0.29, 0.717) is 22.0 Å². The Bertz CT molecular complexity index is 2370. The number of thiazole rings is 2. The number of hydrogen-bond donors (Lipinski definition) is 1. The first-order valence-electron chi connectivity index (χ1n) is 13.3. The molecule has 0 radical (unpaired) electrons. The summed E-state index contributed by atoms with van der Waals surface area (Å²) in [5, 5.41) is 24.5.